The fraction of sp³-hybridized carbons (Fsp3) is 0.500. The third-order valence-corrected chi connectivity index (χ3v) is 2.78. The van der Waals surface area contributed by atoms with E-state index in [9.17, 15) is 9.59 Å². The smallest absolute Gasteiger partial charge is 0.337 e. The second kappa shape index (κ2) is 6.55. The minimum absolute atomic E-state index is 0.214. The van der Waals surface area contributed by atoms with E-state index in [0.29, 0.717) is 18.4 Å². The minimum atomic E-state index is -0.457. The average molecular weight is 278 g/mol. The highest BCUT2D eigenvalue weighted by Crippen LogP contribution is 2.15. The fourth-order valence-electron chi connectivity index (χ4n) is 1.85. The largest absolute Gasteiger partial charge is 0.465 e. The summed E-state index contributed by atoms with van der Waals surface area (Å²) in [6.45, 7) is 7.46. The summed E-state index contributed by atoms with van der Waals surface area (Å²) in [5.74, 6) is -0.569. The van der Waals surface area contributed by atoms with Gasteiger partial charge in [-0.25, -0.2) is 4.79 Å². The first-order chi connectivity index (χ1) is 9.23. The molecular formula is C16H22O4. The monoisotopic (exact) mass is 278 g/mol. The molecule has 4 nitrogen and oxygen atoms in total. The molecule has 1 aromatic rings. The predicted octanol–water partition coefficient (Wildman–Crippen LogP) is 3.06. The number of hydrogen-bond acceptors (Lipinski definition) is 4. The van der Waals surface area contributed by atoms with Crippen molar-refractivity contribution < 1.29 is 19.1 Å². The van der Waals surface area contributed by atoms with Gasteiger partial charge in [0.1, 0.15) is 5.60 Å². The summed E-state index contributed by atoms with van der Waals surface area (Å²) < 4.78 is 9.94. The van der Waals surface area contributed by atoms with E-state index >= 15 is 0 Å². The van der Waals surface area contributed by atoms with Crippen molar-refractivity contribution in [1.29, 1.82) is 0 Å². The Kier molecular flexibility index (Phi) is 5.31. The van der Waals surface area contributed by atoms with Crippen LogP contribution in [-0.2, 0) is 20.7 Å². The Morgan fingerprint density at radius 3 is 2.35 bits per heavy atom. The first-order valence-electron chi connectivity index (χ1n) is 6.62. The van der Waals surface area contributed by atoms with Crippen molar-refractivity contribution >= 4 is 11.9 Å². The Labute approximate surface area is 120 Å². The van der Waals surface area contributed by atoms with Crippen molar-refractivity contribution in [3.63, 3.8) is 0 Å². The maximum Gasteiger partial charge on any atom is 0.337 e. The van der Waals surface area contributed by atoms with Crippen molar-refractivity contribution in [2.24, 2.45) is 0 Å². The first-order valence-corrected chi connectivity index (χ1v) is 6.62. The van der Waals surface area contributed by atoms with E-state index in [1.807, 2.05) is 33.8 Å². The molecule has 20 heavy (non-hydrogen) atoms. The Hall–Kier alpha value is -1.84. The molecule has 0 spiro atoms. The van der Waals surface area contributed by atoms with Gasteiger partial charge < -0.3 is 9.47 Å². The molecule has 0 heterocycles. The van der Waals surface area contributed by atoms with Crippen LogP contribution in [0.1, 0.15) is 48.7 Å². The van der Waals surface area contributed by atoms with E-state index in [2.05, 4.69) is 4.74 Å². The molecule has 0 fully saturated rings. The van der Waals surface area contributed by atoms with Gasteiger partial charge in [-0.1, -0.05) is 6.07 Å². The fourth-order valence-corrected chi connectivity index (χ4v) is 1.85. The molecule has 0 aromatic heterocycles. The van der Waals surface area contributed by atoms with Gasteiger partial charge in [0, 0.05) is 6.42 Å². The Balaban J connectivity index is 2.66. The topological polar surface area (TPSA) is 52.6 Å². The molecular weight excluding hydrogens is 256 g/mol. The van der Waals surface area contributed by atoms with E-state index < -0.39 is 5.60 Å². The highest BCUT2D eigenvalue weighted by molar-refractivity contribution is 5.89. The molecule has 0 saturated carbocycles. The summed E-state index contributed by atoms with van der Waals surface area (Å²) in [4.78, 5) is 23.1. The van der Waals surface area contributed by atoms with Crippen LogP contribution >= 0.6 is 0 Å². The standard InChI is InChI=1S/C16H22O4/c1-11-10-13(15(18)19-5)7-6-12(11)8-9-14(17)20-16(2,3)4/h6-7,10H,8-9H2,1-5H3. The SMILES string of the molecule is COC(=O)c1ccc(CCC(=O)OC(C)(C)C)c(C)c1. The van der Waals surface area contributed by atoms with Crippen LogP contribution in [-0.4, -0.2) is 24.6 Å². The summed E-state index contributed by atoms with van der Waals surface area (Å²) in [5.41, 5.74) is 2.06. The van der Waals surface area contributed by atoms with E-state index in [0.717, 1.165) is 11.1 Å². The molecule has 0 bridgehead atoms. The predicted molar refractivity (Wildman–Crippen MR) is 76.7 cm³/mol. The number of ether oxygens (including phenoxy) is 2. The van der Waals surface area contributed by atoms with Gasteiger partial charge in [-0.15, -0.1) is 0 Å². The van der Waals surface area contributed by atoms with Crippen LogP contribution in [0.4, 0.5) is 0 Å². The van der Waals surface area contributed by atoms with Crippen LogP contribution in [0, 0.1) is 6.92 Å². The lowest BCUT2D eigenvalue weighted by molar-refractivity contribution is -0.154. The number of benzene rings is 1. The van der Waals surface area contributed by atoms with Crippen LogP contribution < -0.4 is 0 Å². The lowest BCUT2D eigenvalue weighted by Gasteiger charge is -2.19. The van der Waals surface area contributed by atoms with Gasteiger partial charge in [-0.2, -0.15) is 0 Å². The lowest BCUT2D eigenvalue weighted by atomic mass is 10.0. The summed E-state index contributed by atoms with van der Waals surface area (Å²) in [6.07, 6.45) is 0.928. The molecule has 0 amide bonds. The van der Waals surface area contributed by atoms with Crippen molar-refractivity contribution in [2.45, 2.75) is 46.1 Å². The van der Waals surface area contributed by atoms with Gasteiger partial charge in [0.15, 0.2) is 0 Å². The molecule has 0 N–H and O–H groups in total. The van der Waals surface area contributed by atoms with Gasteiger partial charge >= 0.3 is 11.9 Å². The number of methoxy groups -OCH3 is 1. The Morgan fingerprint density at radius 2 is 1.85 bits per heavy atom. The van der Waals surface area contributed by atoms with E-state index in [1.54, 1.807) is 12.1 Å². The second-order valence-corrected chi connectivity index (χ2v) is 5.72. The van der Waals surface area contributed by atoms with Crippen molar-refractivity contribution in [3.05, 3.63) is 34.9 Å². The summed E-state index contributed by atoms with van der Waals surface area (Å²) in [5, 5.41) is 0. The van der Waals surface area contributed by atoms with Gasteiger partial charge in [-0.3, -0.25) is 4.79 Å². The minimum Gasteiger partial charge on any atom is -0.465 e. The van der Waals surface area contributed by atoms with Gasteiger partial charge in [0.25, 0.3) is 0 Å². The Bertz CT molecular complexity index is 498. The molecule has 110 valence electrons. The number of carbonyl (C=O) groups excluding carboxylic acids is 2. The number of carbonyl (C=O) groups is 2. The summed E-state index contributed by atoms with van der Waals surface area (Å²) in [6, 6.07) is 5.34. The third kappa shape index (κ3) is 5.03. The van der Waals surface area contributed by atoms with Crippen molar-refractivity contribution in [3.8, 4) is 0 Å². The van der Waals surface area contributed by atoms with Gasteiger partial charge in [-0.05, 0) is 57.4 Å². The summed E-state index contributed by atoms with van der Waals surface area (Å²) in [7, 11) is 1.36. The second-order valence-electron chi connectivity index (χ2n) is 5.72. The van der Waals surface area contributed by atoms with Crippen LogP contribution in [0.5, 0.6) is 0 Å². The molecule has 4 heteroatoms. The number of aryl methyl sites for hydroxylation is 2. The highest BCUT2D eigenvalue weighted by atomic mass is 16.6. The lowest BCUT2D eigenvalue weighted by Crippen LogP contribution is -2.24. The molecule has 0 unspecified atom stereocenters. The third-order valence-electron chi connectivity index (χ3n) is 2.78. The maximum atomic E-state index is 11.7. The quantitative estimate of drug-likeness (QED) is 0.794. The summed E-state index contributed by atoms with van der Waals surface area (Å²) >= 11 is 0. The molecule has 1 aromatic carbocycles. The molecule has 0 aliphatic rings. The highest BCUT2D eigenvalue weighted by Gasteiger charge is 2.16. The van der Waals surface area contributed by atoms with Crippen LogP contribution in [0.25, 0.3) is 0 Å². The molecule has 1 rings (SSSR count). The van der Waals surface area contributed by atoms with Crippen LogP contribution in [0.3, 0.4) is 0 Å². The first kappa shape index (κ1) is 16.2. The van der Waals surface area contributed by atoms with Crippen molar-refractivity contribution in [2.75, 3.05) is 7.11 Å². The zero-order chi connectivity index (χ0) is 15.3. The maximum absolute atomic E-state index is 11.7. The van der Waals surface area contributed by atoms with E-state index in [4.69, 9.17) is 4.74 Å². The van der Waals surface area contributed by atoms with Crippen LogP contribution in [0.15, 0.2) is 18.2 Å². The molecule has 0 aliphatic heterocycles. The molecule has 0 atom stereocenters. The van der Waals surface area contributed by atoms with E-state index in [-0.39, 0.29) is 11.9 Å². The van der Waals surface area contributed by atoms with E-state index in [1.165, 1.54) is 7.11 Å². The number of esters is 2. The molecule has 0 radical (unpaired) electrons. The zero-order valence-corrected chi connectivity index (χ0v) is 12.8. The van der Waals surface area contributed by atoms with Gasteiger partial charge in [0.2, 0.25) is 0 Å². The number of hydrogen-bond donors (Lipinski definition) is 0. The van der Waals surface area contributed by atoms with Crippen LogP contribution in [0.2, 0.25) is 0 Å². The molecule has 0 saturated heterocycles. The van der Waals surface area contributed by atoms with Crippen molar-refractivity contribution in [1.82, 2.24) is 0 Å². The number of rotatable bonds is 4. The zero-order valence-electron chi connectivity index (χ0n) is 12.8. The Morgan fingerprint density at radius 1 is 1.20 bits per heavy atom. The normalized spacial score (nSPS) is 11.1. The van der Waals surface area contributed by atoms with Gasteiger partial charge in [0.05, 0.1) is 12.7 Å². The molecule has 0 aliphatic carbocycles. The average Bonchev–Trinajstić information content (AvgIpc) is 2.34.